The number of hydrogen-bond acceptors (Lipinski definition) is 2. The number of fused-ring (bicyclic) bond motifs is 3. The molecule has 0 radical (unpaired) electrons. The van der Waals surface area contributed by atoms with E-state index < -0.39 is 17.6 Å². The zero-order valence-electron chi connectivity index (χ0n) is 27.1. The van der Waals surface area contributed by atoms with Crippen LogP contribution in [0.4, 0.5) is 13.2 Å². The number of hydrogen-bond donors (Lipinski definition) is 0. The molecular formula is C42H37F3O2. The van der Waals surface area contributed by atoms with Crippen LogP contribution in [0.2, 0.25) is 0 Å². The first-order chi connectivity index (χ1) is 22.3. The van der Waals surface area contributed by atoms with Gasteiger partial charge < -0.3 is 4.74 Å². The lowest BCUT2D eigenvalue weighted by molar-refractivity contribution is -0.172. The van der Waals surface area contributed by atoms with Crippen molar-refractivity contribution in [3.63, 3.8) is 0 Å². The molecule has 6 aromatic rings. The van der Waals surface area contributed by atoms with Gasteiger partial charge in [-0.3, -0.25) is 0 Å². The Kier molecular flexibility index (Phi) is 7.23. The van der Waals surface area contributed by atoms with Crippen LogP contribution in [0.5, 0.6) is 0 Å². The van der Waals surface area contributed by atoms with Gasteiger partial charge in [-0.25, -0.2) is 4.79 Å². The predicted molar refractivity (Wildman–Crippen MR) is 186 cm³/mol. The first kappa shape index (κ1) is 31.0. The summed E-state index contributed by atoms with van der Waals surface area (Å²) in [5.74, 6) is -0.475. The molecule has 7 rings (SSSR count). The number of benzene rings is 6. The van der Waals surface area contributed by atoms with Crippen molar-refractivity contribution in [1.29, 1.82) is 0 Å². The fourth-order valence-electron chi connectivity index (χ4n) is 7.37. The smallest absolute Gasteiger partial charge is 0.402 e. The number of carbonyl (C=O) groups is 1. The molecular weight excluding hydrogens is 593 g/mol. The van der Waals surface area contributed by atoms with Gasteiger partial charge in [-0.15, -0.1) is 0 Å². The molecule has 0 N–H and O–H groups in total. The molecule has 1 atom stereocenters. The highest BCUT2D eigenvalue weighted by molar-refractivity contribution is 6.25. The Labute approximate surface area is 273 Å². The van der Waals surface area contributed by atoms with E-state index >= 15 is 13.2 Å². The van der Waals surface area contributed by atoms with E-state index in [0.29, 0.717) is 30.4 Å². The minimum Gasteiger partial charge on any atom is -0.463 e. The van der Waals surface area contributed by atoms with Crippen LogP contribution in [0.15, 0.2) is 97.6 Å². The van der Waals surface area contributed by atoms with Gasteiger partial charge in [0.05, 0.1) is 6.61 Å². The summed E-state index contributed by atoms with van der Waals surface area (Å²) in [6.45, 7) is 11.6. The van der Waals surface area contributed by atoms with Crippen LogP contribution in [-0.2, 0) is 26.8 Å². The van der Waals surface area contributed by atoms with Crippen LogP contribution < -0.4 is 0 Å². The maximum absolute atomic E-state index is 15.2. The largest absolute Gasteiger partial charge is 0.463 e. The molecule has 1 aliphatic carbocycles. The fourth-order valence-corrected chi connectivity index (χ4v) is 7.37. The van der Waals surface area contributed by atoms with E-state index in [1.807, 2.05) is 30.3 Å². The van der Waals surface area contributed by atoms with E-state index in [1.165, 1.54) is 28.6 Å². The molecule has 0 fully saturated rings. The van der Waals surface area contributed by atoms with Crippen LogP contribution in [0.25, 0.3) is 54.6 Å². The minimum absolute atomic E-state index is 0.00536. The van der Waals surface area contributed by atoms with Crippen LogP contribution in [-0.4, -0.2) is 18.8 Å². The van der Waals surface area contributed by atoms with Crippen molar-refractivity contribution in [1.82, 2.24) is 0 Å². The van der Waals surface area contributed by atoms with Gasteiger partial charge in [0.15, 0.2) is 0 Å². The molecule has 2 nitrogen and oxygen atoms in total. The zero-order chi connectivity index (χ0) is 33.3. The summed E-state index contributed by atoms with van der Waals surface area (Å²) in [7, 11) is 0. The topological polar surface area (TPSA) is 26.3 Å². The quantitative estimate of drug-likeness (QED) is 0.0759. The zero-order valence-corrected chi connectivity index (χ0v) is 27.1. The molecule has 0 bridgehead atoms. The van der Waals surface area contributed by atoms with Crippen molar-refractivity contribution in [3.05, 3.63) is 120 Å². The molecule has 6 aromatic carbocycles. The fraction of sp³-hybridized carbons (Fsp3) is 0.262. The number of aryl methyl sites for hydroxylation is 1. The lowest BCUT2D eigenvalue weighted by atomic mass is 9.78. The Hall–Kier alpha value is -4.64. The molecule has 0 heterocycles. The molecule has 1 aliphatic rings. The Morgan fingerprint density at radius 3 is 2.06 bits per heavy atom. The third-order valence-corrected chi connectivity index (χ3v) is 10.1. The third-order valence-electron chi connectivity index (χ3n) is 10.1. The van der Waals surface area contributed by atoms with Crippen LogP contribution in [0.3, 0.4) is 0 Å². The number of alkyl halides is 3. The first-order valence-electron chi connectivity index (χ1n) is 16.2. The first-order valence-corrected chi connectivity index (χ1v) is 16.2. The van der Waals surface area contributed by atoms with Crippen molar-refractivity contribution in [2.24, 2.45) is 0 Å². The van der Waals surface area contributed by atoms with E-state index in [2.05, 4.69) is 69.8 Å². The van der Waals surface area contributed by atoms with Gasteiger partial charge in [0.2, 0.25) is 0 Å². The summed E-state index contributed by atoms with van der Waals surface area (Å²) in [6.07, 6.45) is -1.48. The maximum Gasteiger partial charge on any atom is 0.402 e. The number of ether oxygens (including phenoxy) is 1. The maximum atomic E-state index is 15.2. The Balaban J connectivity index is 1.30. The van der Waals surface area contributed by atoms with Crippen molar-refractivity contribution in [3.8, 4) is 22.3 Å². The molecule has 0 spiro atoms. The van der Waals surface area contributed by atoms with Gasteiger partial charge >= 0.3 is 12.1 Å². The normalized spacial score (nSPS) is 16.1. The molecule has 0 saturated carbocycles. The standard InChI is InChI=1S/C42H37F3O2/c1-6-37(46)47-20-8-7-9-25-10-16-32-33-18-14-27(24-36(33)41(5,35(32)21-25)42(43,44)45)31-17-13-26-11-12-28-22-30(40(2,3)4)23-29-15-19-34(31)39(26)38(28)29/h6,10-19,21-24H,1,7-9,20H2,2-5H3. The van der Waals surface area contributed by atoms with Crippen molar-refractivity contribution >= 4 is 38.3 Å². The minimum atomic E-state index is -4.50. The second-order valence-corrected chi connectivity index (χ2v) is 14.0. The average Bonchev–Trinajstić information content (AvgIpc) is 3.30. The van der Waals surface area contributed by atoms with Crippen molar-refractivity contribution in [2.75, 3.05) is 6.61 Å². The number of rotatable bonds is 7. The molecule has 0 aliphatic heterocycles. The summed E-state index contributed by atoms with van der Waals surface area (Å²) >= 11 is 0. The van der Waals surface area contributed by atoms with Gasteiger partial charge in [-0.2, -0.15) is 13.2 Å². The average molecular weight is 631 g/mol. The van der Waals surface area contributed by atoms with E-state index in [1.54, 1.807) is 12.1 Å². The van der Waals surface area contributed by atoms with Crippen molar-refractivity contribution < 1.29 is 22.7 Å². The Bertz CT molecular complexity index is 2180. The summed E-state index contributed by atoms with van der Waals surface area (Å²) in [6, 6.07) is 28.3. The molecule has 1 unspecified atom stereocenters. The Morgan fingerprint density at radius 1 is 0.766 bits per heavy atom. The van der Waals surface area contributed by atoms with Gasteiger partial charge in [-0.05, 0) is 114 Å². The summed E-state index contributed by atoms with van der Waals surface area (Å²) in [4.78, 5) is 11.3. The van der Waals surface area contributed by atoms with Crippen LogP contribution >= 0.6 is 0 Å². The van der Waals surface area contributed by atoms with Gasteiger partial charge in [0.1, 0.15) is 5.41 Å². The molecule has 47 heavy (non-hydrogen) atoms. The molecule has 0 saturated heterocycles. The summed E-state index contributed by atoms with van der Waals surface area (Å²) in [5.41, 5.74) is 3.47. The molecule has 5 heteroatoms. The van der Waals surface area contributed by atoms with Crippen LogP contribution in [0, 0.1) is 0 Å². The predicted octanol–water partition coefficient (Wildman–Crippen LogP) is 11.4. The van der Waals surface area contributed by atoms with Gasteiger partial charge in [-0.1, -0.05) is 106 Å². The number of halogens is 3. The lowest BCUT2D eigenvalue weighted by Gasteiger charge is -2.30. The second kappa shape index (κ2) is 11.0. The highest BCUT2D eigenvalue weighted by Gasteiger charge is 2.58. The molecule has 238 valence electrons. The molecule has 0 amide bonds. The van der Waals surface area contributed by atoms with E-state index in [-0.39, 0.29) is 23.1 Å². The monoisotopic (exact) mass is 630 g/mol. The van der Waals surface area contributed by atoms with E-state index in [4.69, 9.17) is 4.74 Å². The van der Waals surface area contributed by atoms with Crippen molar-refractivity contribution in [2.45, 2.75) is 64.0 Å². The van der Waals surface area contributed by atoms with Gasteiger partial charge in [0, 0.05) is 6.08 Å². The third kappa shape index (κ3) is 4.99. The highest BCUT2D eigenvalue weighted by atomic mass is 19.4. The lowest BCUT2D eigenvalue weighted by Crippen LogP contribution is -2.39. The van der Waals surface area contributed by atoms with E-state index in [0.717, 1.165) is 38.9 Å². The van der Waals surface area contributed by atoms with E-state index in [9.17, 15) is 4.79 Å². The summed E-state index contributed by atoms with van der Waals surface area (Å²) < 4.78 is 50.7. The highest BCUT2D eigenvalue weighted by Crippen LogP contribution is 2.57. The number of carbonyl (C=O) groups excluding carboxylic acids is 1. The van der Waals surface area contributed by atoms with Gasteiger partial charge in [0.25, 0.3) is 0 Å². The summed E-state index contributed by atoms with van der Waals surface area (Å²) in [5, 5.41) is 6.83. The number of unbranched alkanes of at least 4 members (excludes halogenated alkanes) is 1. The SMILES string of the molecule is C=CC(=O)OCCCCc1ccc2c(c1)C(C)(C(F)(F)F)c1cc(-c3ccc4ccc5cc(C(C)(C)C)cc6ccc3c4c56)ccc1-2. The molecule has 0 aromatic heterocycles. The van der Waals surface area contributed by atoms with Crippen LogP contribution in [0.1, 0.15) is 62.8 Å². The number of esters is 1. The Morgan fingerprint density at radius 2 is 1.38 bits per heavy atom. The second-order valence-electron chi connectivity index (χ2n) is 14.0.